The molecule has 4 heteroatoms. The Bertz CT molecular complexity index is 549. The maximum absolute atomic E-state index is 11.1. The highest BCUT2D eigenvalue weighted by Crippen LogP contribution is 2.23. The van der Waals surface area contributed by atoms with Crippen molar-refractivity contribution < 1.29 is 9.53 Å². The number of nitrogens with one attached hydrogen (secondary N) is 1. The lowest BCUT2D eigenvalue weighted by molar-refractivity contribution is -0.113. The van der Waals surface area contributed by atoms with E-state index in [0.29, 0.717) is 0 Å². The van der Waals surface area contributed by atoms with Gasteiger partial charge >= 0.3 is 0 Å². The van der Waals surface area contributed by atoms with E-state index in [9.17, 15) is 4.79 Å². The lowest BCUT2D eigenvalue weighted by Gasteiger charge is -2.06. The predicted octanol–water partition coefficient (Wildman–Crippen LogP) is 3.54. The molecule has 1 N–H and O–H groups in total. The number of amides is 1. The van der Waals surface area contributed by atoms with Crippen molar-refractivity contribution in [2.45, 2.75) is 0 Å². The summed E-state index contributed by atoms with van der Waals surface area (Å²) in [6, 6.07) is 15.4. The number of rotatable bonds is 4. The zero-order chi connectivity index (χ0) is 13.7. The summed E-state index contributed by atoms with van der Waals surface area (Å²) in [4.78, 5) is 11.1. The average Bonchev–Trinajstić information content (AvgIpc) is 2.48. The molecule has 19 heavy (non-hydrogen) atoms. The minimum Gasteiger partial charge on any atom is -0.497 e. The van der Waals surface area contributed by atoms with Gasteiger partial charge in [-0.05, 0) is 35.4 Å². The third-order valence-electron chi connectivity index (χ3n) is 2.71. The van der Waals surface area contributed by atoms with Crippen molar-refractivity contribution >= 4 is 23.2 Å². The molecule has 2 rings (SSSR count). The van der Waals surface area contributed by atoms with E-state index in [-0.39, 0.29) is 11.8 Å². The van der Waals surface area contributed by atoms with Gasteiger partial charge in [0.1, 0.15) is 11.6 Å². The summed E-state index contributed by atoms with van der Waals surface area (Å²) in [5.74, 6) is 0.578. The summed E-state index contributed by atoms with van der Waals surface area (Å²) in [6.45, 7) is 0. The Kier molecular flexibility index (Phi) is 4.42. The molecule has 0 saturated carbocycles. The van der Waals surface area contributed by atoms with Gasteiger partial charge < -0.3 is 10.1 Å². The monoisotopic (exact) mass is 275 g/mol. The highest BCUT2D eigenvalue weighted by atomic mass is 35.5. The summed E-state index contributed by atoms with van der Waals surface area (Å²) < 4.78 is 5.12. The molecule has 0 aromatic heterocycles. The van der Waals surface area contributed by atoms with Crippen LogP contribution in [0.2, 0.25) is 0 Å². The van der Waals surface area contributed by atoms with Crippen molar-refractivity contribution in [2.24, 2.45) is 0 Å². The second kappa shape index (κ2) is 6.25. The number of hydrogen-bond acceptors (Lipinski definition) is 2. The SMILES string of the molecule is COc1ccc(-c2ccc(NC(=O)CCl)cc2)cc1. The van der Waals surface area contributed by atoms with Crippen LogP contribution in [0.25, 0.3) is 11.1 Å². The summed E-state index contributed by atoms with van der Waals surface area (Å²) in [7, 11) is 1.64. The second-order valence-electron chi connectivity index (χ2n) is 3.99. The number of anilines is 1. The van der Waals surface area contributed by atoms with Crippen LogP contribution in [0.5, 0.6) is 5.75 Å². The summed E-state index contributed by atoms with van der Waals surface area (Å²) in [6.07, 6.45) is 0. The van der Waals surface area contributed by atoms with Crippen LogP contribution in [-0.2, 0) is 4.79 Å². The molecule has 98 valence electrons. The first-order valence-corrected chi connectivity index (χ1v) is 6.36. The van der Waals surface area contributed by atoms with Crippen molar-refractivity contribution in [3.63, 3.8) is 0 Å². The summed E-state index contributed by atoms with van der Waals surface area (Å²) in [5.41, 5.74) is 2.91. The van der Waals surface area contributed by atoms with Crippen molar-refractivity contribution in [1.29, 1.82) is 0 Å². The highest BCUT2D eigenvalue weighted by molar-refractivity contribution is 6.29. The van der Waals surface area contributed by atoms with E-state index in [0.717, 1.165) is 22.6 Å². The van der Waals surface area contributed by atoms with Gasteiger partial charge in [0.15, 0.2) is 0 Å². The largest absolute Gasteiger partial charge is 0.497 e. The number of hydrogen-bond donors (Lipinski definition) is 1. The Morgan fingerprint density at radius 1 is 1.05 bits per heavy atom. The van der Waals surface area contributed by atoms with Gasteiger partial charge in [-0.2, -0.15) is 0 Å². The molecule has 0 radical (unpaired) electrons. The molecule has 0 heterocycles. The van der Waals surface area contributed by atoms with Gasteiger partial charge in [0.2, 0.25) is 5.91 Å². The predicted molar refractivity (Wildman–Crippen MR) is 77.8 cm³/mol. The lowest BCUT2D eigenvalue weighted by Crippen LogP contribution is -2.12. The number of alkyl halides is 1. The molecule has 3 nitrogen and oxygen atoms in total. The Balaban J connectivity index is 2.14. The molecule has 0 fully saturated rings. The van der Waals surface area contributed by atoms with E-state index in [4.69, 9.17) is 16.3 Å². The molecule has 0 aliphatic heterocycles. The second-order valence-corrected chi connectivity index (χ2v) is 4.25. The van der Waals surface area contributed by atoms with Gasteiger partial charge in [0.25, 0.3) is 0 Å². The van der Waals surface area contributed by atoms with Gasteiger partial charge in [0, 0.05) is 5.69 Å². The molecule has 0 spiro atoms. The number of ether oxygens (including phenoxy) is 1. The standard InChI is InChI=1S/C15H14ClNO2/c1-19-14-8-4-12(5-9-14)11-2-6-13(7-3-11)17-15(18)10-16/h2-9H,10H2,1H3,(H,17,18). The van der Waals surface area contributed by atoms with Crippen LogP contribution in [0.3, 0.4) is 0 Å². The van der Waals surface area contributed by atoms with E-state index in [1.165, 1.54) is 0 Å². The van der Waals surface area contributed by atoms with Gasteiger partial charge in [0.05, 0.1) is 7.11 Å². The number of carbonyl (C=O) groups is 1. The fraction of sp³-hybridized carbons (Fsp3) is 0.133. The molecule has 0 unspecified atom stereocenters. The first kappa shape index (κ1) is 13.4. The zero-order valence-corrected chi connectivity index (χ0v) is 11.3. The van der Waals surface area contributed by atoms with Gasteiger partial charge in [-0.15, -0.1) is 11.6 Å². The summed E-state index contributed by atoms with van der Waals surface area (Å²) in [5, 5.41) is 2.70. The van der Waals surface area contributed by atoms with Crippen molar-refractivity contribution in [3.05, 3.63) is 48.5 Å². The first-order valence-electron chi connectivity index (χ1n) is 5.83. The van der Waals surface area contributed by atoms with Gasteiger partial charge in [-0.1, -0.05) is 24.3 Å². The number of halogens is 1. The van der Waals surface area contributed by atoms with E-state index >= 15 is 0 Å². The topological polar surface area (TPSA) is 38.3 Å². The maximum atomic E-state index is 11.1. The summed E-state index contributed by atoms with van der Waals surface area (Å²) >= 11 is 5.43. The Morgan fingerprint density at radius 2 is 1.58 bits per heavy atom. The van der Waals surface area contributed by atoms with Crippen molar-refractivity contribution in [1.82, 2.24) is 0 Å². The van der Waals surface area contributed by atoms with Crippen LogP contribution in [0, 0.1) is 0 Å². The molecular formula is C15H14ClNO2. The molecule has 0 aliphatic carbocycles. The number of methoxy groups -OCH3 is 1. The Labute approximate surface area is 117 Å². The van der Waals surface area contributed by atoms with Crippen LogP contribution in [-0.4, -0.2) is 18.9 Å². The van der Waals surface area contributed by atoms with Gasteiger partial charge in [-0.3, -0.25) is 4.79 Å². The molecule has 0 bridgehead atoms. The Hall–Kier alpha value is -2.00. The minimum absolute atomic E-state index is 0.0414. The lowest BCUT2D eigenvalue weighted by atomic mass is 10.1. The first-order chi connectivity index (χ1) is 9.22. The normalized spacial score (nSPS) is 10.0. The van der Waals surface area contributed by atoms with Crippen molar-refractivity contribution in [3.8, 4) is 16.9 Å². The third-order valence-corrected chi connectivity index (χ3v) is 2.96. The van der Waals surface area contributed by atoms with E-state index in [1.807, 2.05) is 48.5 Å². The molecule has 2 aromatic rings. The molecule has 2 aromatic carbocycles. The maximum Gasteiger partial charge on any atom is 0.239 e. The van der Waals surface area contributed by atoms with E-state index in [1.54, 1.807) is 7.11 Å². The number of benzene rings is 2. The van der Waals surface area contributed by atoms with Crippen LogP contribution in [0.1, 0.15) is 0 Å². The van der Waals surface area contributed by atoms with Crippen LogP contribution in [0.15, 0.2) is 48.5 Å². The smallest absolute Gasteiger partial charge is 0.239 e. The third kappa shape index (κ3) is 3.48. The molecular weight excluding hydrogens is 262 g/mol. The van der Waals surface area contributed by atoms with E-state index in [2.05, 4.69) is 5.32 Å². The number of carbonyl (C=O) groups excluding carboxylic acids is 1. The molecule has 1 amide bonds. The molecule has 0 aliphatic rings. The molecule has 0 saturated heterocycles. The van der Waals surface area contributed by atoms with Crippen LogP contribution < -0.4 is 10.1 Å². The quantitative estimate of drug-likeness (QED) is 0.867. The van der Waals surface area contributed by atoms with Crippen LogP contribution >= 0.6 is 11.6 Å². The zero-order valence-electron chi connectivity index (χ0n) is 10.5. The fourth-order valence-corrected chi connectivity index (χ4v) is 1.79. The van der Waals surface area contributed by atoms with Crippen molar-refractivity contribution in [2.75, 3.05) is 18.3 Å². The molecule has 0 atom stereocenters. The minimum atomic E-state index is -0.209. The van der Waals surface area contributed by atoms with Crippen LogP contribution in [0.4, 0.5) is 5.69 Å². The Morgan fingerprint density at radius 3 is 2.05 bits per heavy atom. The fourth-order valence-electron chi connectivity index (χ4n) is 1.72. The highest BCUT2D eigenvalue weighted by Gasteiger charge is 2.01. The van der Waals surface area contributed by atoms with Gasteiger partial charge in [-0.25, -0.2) is 0 Å². The van der Waals surface area contributed by atoms with E-state index < -0.39 is 0 Å². The average molecular weight is 276 g/mol.